The van der Waals surface area contributed by atoms with Gasteiger partial charge in [-0.05, 0) is 6.07 Å². The molecule has 0 aromatic carbocycles. The lowest BCUT2D eigenvalue weighted by Crippen LogP contribution is -2.13. The Hall–Kier alpha value is -1.82. The van der Waals surface area contributed by atoms with E-state index in [0.717, 1.165) is 11.3 Å². The molecule has 0 radical (unpaired) electrons. The van der Waals surface area contributed by atoms with E-state index >= 15 is 0 Å². The number of nitrogens with zero attached hydrogens (tertiary/aromatic N) is 1. The van der Waals surface area contributed by atoms with Crippen molar-refractivity contribution in [1.82, 2.24) is 4.57 Å². The first-order valence-corrected chi connectivity index (χ1v) is 5.00. The minimum Gasteiger partial charge on any atom is -0.475 e. The smallest absolute Gasteiger partial charge is 0.372 e. The van der Waals surface area contributed by atoms with Gasteiger partial charge in [0.25, 0.3) is 0 Å². The Bertz CT molecular complexity index is 536. The van der Waals surface area contributed by atoms with Crippen LogP contribution in [0.3, 0.4) is 0 Å². The van der Waals surface area contributed by atoms with Gasteiger partial charge >= 0.3 is 10.8 Å². The zero-order valence-electron chi connectivity index (χ0n) is 7.54. The number of furan rings is 1. The molecule has 15 heavy (non-hydrogen) atoms. The highest BCUT2D eigenvalue weighted by Crippen LogP contribution is 2.11. The van der Waals surface area contributed by atoms with Crippen LogP contribution in [0, 0.1) is 0 Å². The van der Waals surface area contributed by atoms with E-state index in [1.54, 1.807) is 17.6 Å². The number of thiazole rings is 1. The Labute approximate surface area is 88.2 Å². The molecule has 0 aliphatic carbocycles. The van der Waals surface area contributed by atoms with Crippen molar-refractivity contribution < 1.29 is 14.3 Å². The van der Waals surface area contributed by atoms with Crippen molar-refractivity contribution in [2.24, 2.45) is 0 Å². The van der Waals surface area contributed by atoms with Gasteiger partial charge in [-0.1, -0.05) is 11.3 Å². The molecule has 1 N–H and O–H groups in total. The van der Waals surface area contributed by atoms with Gasteiger partial charge in [0.2, 0.25) is 5.76 Å². The predicted octanol–water partition coefficient (Wildman–Crippen LogP) is 1.25. The van der Waals surface area contributed by atoms with E-state index < -0.39 is 5.97 Å². The standard InChI is InChI=1S/C9H7NO4S/c11-8(12)7-6(1-3-14-7)5-10-2-4-15-9(10)13/h1-4H,5H2,(H,11,12). The lowest BCUT2D eigenvalue weighted by atomic mass is 10.2. The molecule has 6 heteroatoms. The van der Waals surface area contributed by atoms with Crippen molar-refractivity contribution in [2.45, 2.75) is 6.54 Å². The first-order valence-electron chi connectivity index (χ1n) is 4.12. The van der Waals surface area contributed by atoms with Crippen LogP contribution in [0.2, 0.25) is 0 Å². The average Bonchev–Trinajstić information content (AvgIpc) is 2.77. The van der Waals surface area contributed by atoms with Crippen molar-refractivity contribution in [1.29, 1.82) is 0 Å². The fraction of sp³-hybridized carbons (Fsp3) is 0.111. The SMILES string of the molecule is O=C(O)c1occc1Cn1ccsc1=O. The molecule has 0 saturated carbocycles. The number of carbonyl (C=O) groups is 1. The van der Waals surface area contributed by atoms with Gasteiger partial charge in [0.1, 0.15) is 0 Å². The number of aromatic nitrogens is 1. The quantitative estimate of drug-likeness (QED) is 0.853. The molecule has 2 aromatic rings. The lowest BCUT2D eigenvalue weighted by molar-refractivity contribution is 0.0660. The number of hydrogen-bond donors (Lipinski definition) is 1. The fourth-order valence-electron chi connectivity index (χ4n) is 1.24. The fourth-order valence-corrected chi connectivity index (χ4v) is 1.82. The van der Waals surface area contributed by atoms with E-state index in [-0.39, 0.29) is 17.2 Å². The van der Waals surface area contributed by atoms with Crippen molar-refractivity contribution in [2.75, 3.05) is 0 Å². The molecule has 0 saturated heterocycles. The largest absolute Gasteiger partial charge is 0.475 e. The molecular weight excluding hydrogens is 218 g/mol. The molecule has 2 heterocycles. The summed E-state index contributed by atoms with van der Waals surface area (Å²) in [7, 11) is 0. The zero-order chi connectivity index (χ0) is 10.8. The summed E-state index contributed by atoms with van der Waals surface area (Å²) < 4.78 is 6.24. The van der Waals surface area contributed by atoms with Crippen LogP contribution in [0.15, 0.2) is 33.1 Å². The van der Waals surface area contributed by atoms with Crippen molar-refractivity contribution in [3.63, 3.8) is 0 Å². The van der Waals surface area contributed by atoms with Gasteiger partial charge in [0, 0.05) is 17.1 Å². The molecule has 0 amide bonds. The van der Waals surface area contributed by atoms with Crippen LogP contribution in [-0.4, -0.2) is 15.6 Å². The average molecular weight is 225 g/mol. The Balaban J connectivity index is 2.32. The number of carboxylic acid groups (broad SMARTS) is 1. The molecule has 78 valence electrons. The summed E-state index contributed by atoms with van der Waals surface area (Å²) in [6.45, 7) is 0.223. The van der Waals surface area contributed by atoms with Gasteiger partial charge in [-0.15, -0.1) is 0 Å². The molecule has 5 nitrogen and oxygen atoms in total. The molecule has 0 aliphatic rings. The first-order chi connectivity index (χ1) is 7.18. The summed E-state index contributed by atoms with van der Waals surface area (Å²) in [6.07, 6.45) is 2.92. The van der Waals surface area contributed by atoms with Crippen LogP contribution in [0.25, 0.3) is 0 Å². The third kappa shape index (κ3) is 1.84. The second-order valence-electron chi connectivity index (χ2n) is 2.88. The van der Waals surface area contributed by atoms with E-state index in [9.17, 15) is 9.59 Å². The van der Waals surface area contributed by atoms with E-state index in [2.05, 4.69) is 0 Å². The van der Waals surface area contributed by atoms with Gasteiger partial charge in [-0.3, -0.25) is 4.79 Å². The maximum Gasteiger partial charge on any atom is 0.372 e. The van der Waals surface area contributed by atoms with Crippen LogP contribution >= 0.6 is 11.3 Å². The third-order valence-corrected chi connectivity index (χ3v) is 2.62. The highest BCUT2D eigenvalue weighted by molar-refractivity contribution is 7.07. The third-order valence-electron chi connectivity index (χ3n) is 1.93. The molecule has 0 spiro atoms. The van der Waals surface area contributed by atoms with E-state index in [4.69, 9.17) is 9.52 Å². The van der Waals surface area contributed by atoms with Crippen molar-refractivity contribution >= 4 is 17.3 Å². The van der Waals surface area contributed by atoms with Crippen molar-refractivity contribution in [3.05, 3.63) is 44.9 Å². The summed E-state index contributed by atoms with van der Waals surface area (Å²) in [6, 6.07) is 1.55. The normalized spacial score (nSPS) is 10.4. The van der Waals surface area contributed by atoms with E-state index in [1.807, 2.05) is 0 Å². The summed E-state index contributed by atoms with van der Waals surface area (Å²) in [4.78, 5) is 21.8. The van der Waals surface area contributed by atoms with Gasteiger partial charge < -0.3 is 14.1 Å². The molecule has 2 aromatic heterocycles. The molecular formula is C9H7NO4S. The van der Waals surface area contributed by atoms with Crippen LogP contribution in [-0.2, 0) is 6.54 Å². The molecule has 2 rings (SSSR count). The number of rotatable bonds is 3. The minimum atomic E-state index is -1.13. The van der Waals surface area contributed by atoms with Crippen LogP contribution < -0.4 is 4.87 Å². The Morgan fingerprint density at radius 3 is 3.00 bits per heavy atom. The first kappa shape index (κ1) is 9.72. The van der Waals surface area contributed by atoms with Crippen LogP contribution in [0.5, 0.6) is 0 Å². The van der Waals surface area contributed by atoms with Crippen LogP contribution in [0.1, 0.15) is 16.1 Å². The highest BCUT2D eigenvalue weighted by Gasteiger charge is 2.14. The summed E-state index contributed by atoms with van der Waals surface area (Å²) in [5.74, 6) is -1.24. The second kappa shape index (κ2) is 3.74. The highest BCUT2D eigenvalue weighted by atomic mass is 32.1. The van der Waals surface area contributed by atoms with E-state index in [0.29, 0.717) is 5.56 Å². The predicted molar refractivity (Wildman–Crippen MR) is 53.3 cm³/mol. The maximum absolute atomic E-state index is 11.2. The van der Waals surface area contributed by atoms with Gasteiger partial charge in [0.15, 0.2) is 0 Å². The molecule has 0 unspecified atom stereocenters. The molecule has 0 bridgehead atoms. The van der Waals surface area contributed by atoms with Gasteiger partial charge in [-0.25, -0.2) is 4.79 Å². The molecule has 0 atom stereocenters. The van der Waals surface area contributed by atoms with Crippen molar-refractivity contribution in [3.8, 4) is 0 Å². The molecule has 0 aliphatic heterocycles. The van der Waals surface area contributed by atoms with Crippen LogP contribution in [0.4, 0.5) is 0 Å². The van der Waals surface area contributed by atoms with Gasteiger partial charge in [-0.2, -0.15) is 0 Å². The Morgan fingerprint density at radius 1 is 1.60 bits per heavy atom. The monoisotopic (exact) mass is 225 g/mol. The Kier molecular flexibility index (Phi) is 2.42. The lowest BCUT2D eigenvalue weighted by Gasteiger charge is -1.98. The number of aromatic carboxylic acids is 1. The maximum atomic E-state index is 11.2. The summed E-state index contributed by atoms with van der Waals surface area (Å²) in [5.41, 5.74) is 0.489. The van der Waals surface area contributed by atoms with Gasteiger partial charge in [0.05, 0.1) is 12.8 Å². The zero-order valence-corrected chi connectivity index (χ0v) is 8.36. The molecule has 0 fully saturated rings. The minimum absolute atomic E-state index is 0.117. The van der Waals surface area contributed by atoms with E-state index in [1.165, 1.54) is 10.8 Å². The Morgan fingerprint density at radius 2 is 2.40 bits per heavy atom. The summed E-state index contributed by atoms with van der Waals surface area (Å²) in [5, 5.41) is 10.4. The second-order valence-corrected chi connectivity index (χ2v) is 3.73. The number of hydrogen-bond acceptors (Lipinski definition) is 4. The topological polar surface area (TPSA) is 72.4 Å². The summed E-state index contributed by atoms with van der Waals surface area (Å²) >= 11 is 1.07. The number of carboxylic acids is 1.